The molecule has 0 saturated heterocycles. The number of hydrogen-bond donors (Lipinski definition) is 1. The van der Waals surface area contributed by atoms with E-state index in [9.17, 15) is 9.59 Å². The Morgan fingerprint density at radius 1 is 0.372 bits per heavy atom. The zero-order valence-electron chi connectivity index (χ0n) is 29.4. The number of esters is 2. The minimum atomic E-state index is -0.140. The van der Waals surface area contributed by atoms with Crippen molar-refractivity contribution in [3.63, 3.8) is 0 Å². The molecule has 0 rings (SSSR count). The van der Waals surface area contributed by atoms with Crippen molar-refractivity contribution < 1.29 is 24.2 Å². The molecule has 0 saturated carbocycles. The Morgan fingerprint density at radius 2 is 0.628 bits per heavy atom. The lowest BCUT2D eigenvalue weighted by Gasteiger charge is -2.06. The fraction of sp³-hybridized carbons (Fsp3) is 0.947. The molecule has 0 aliphatic carbocycles. The molecule has 5 nitrogen and oxygen atoms in total. The van der Waals surface area contributed by atoms with Gasteiger partial charge in [-0.25, -0.2) is 0 Å². The molecule has 0 spiro atoms. The van der Waals surface area contributed by atoms with Gasteiger partial charge in [-0.15, -0.1) is 0 Å². The molecule has 43 heavy (non-hydrogen) atoms. The summed E-state index contributed by atoms with van der Waals surface area (Å²) in [6, 6.07) is 0. The standard InChI is InChI=1S/C22H42O4.C16H34O/c1-3-5-7-9-11-15-19-25-21(23)17-13-14-18-22(24)26-20-16-12-10-8-6-4-2;1-2-3-4-5-6-7-8-9-10-11-12-13-14-15-16-17/h3-20H2,1-2H3;17H,2-16H2,1H3. The van der Waals surface area contributed by atoms with Gasteiger partial charge >= 0.3 is 11.9 Å². The third-order valence-corrected chi connectivity index (χ3v) is 8.05. The Bertz CT molecular complexity index is 490. The van der Waals surface area contributed by atoms with Crippen molar-refractivity contribution in [2.24, 2.45) is 0 Å². The second-order valence-corrected chi connectivity index (χ2v) is 12.5. The van der Waals surface area contributed by atoms with Gasteiger partial charge in [-0.1, -0.05) is 168 Å². The van der Waals surface area contributed by atoms with Gasteiger partial charge in [0, 0.05) is 19.4 Å². The minimum absolute atomic E-state index is 0.140. The summed E-state index contributed by atoms with van der Waals surface area (Å²) >= 11 is 0. The van der Waals surface area contributed by atoms with Crippen molar-refractivity contribution in [1.82, 2.24) is 0 Å². The summed E-state index contributed by atoms with van der Waals surface area (Å²) in [4.78, 5) is 23.2. The maximum atomic E-state index is 11.6. The van der Waals surface area contributed by atoms with E-state index in [-0.39, 0.29) is 11.9 Å². The van der Waals surface area contributed by atoms with E-state index in [1.54, 1.807) is 0 Å². The van der Waals surface area contributed by atoms with E-state index < -0.39 is 0 Å². The Labute approximate surface area is 269 Å². The second kappa shape index (κ2) is 40.9. The van der Waals surface area contributed by atoms with E-state index >= 15 is 0 Å². The Kier molecular flexibility index (Phi) is 41.9. The Morgan fingerprint density at radius 3 is 0.907 bits per heavy atom. The fourth-order valence-corrected chi connectivity index (χ4v) is 5.13. The molecule has 0 unspecified atom stereocenters. The molecule has 258 valence electrons. The minimum Gasteiger partial charge on any atom is -0.466 e. The van der Waals surface area contributed by atoms with Crippen LogP contribution in [0.5, 0.6) is 0 Å². The van der Waals surface area contributed by atoms with E-state index in [0.29, 0.717) is 45.5 Å². The zero-order chi connectivity index (χ0) is 31.9. The summed E-state index contributed by atoms with van der Waals surface area (Å²) in [5.74, 6) is -0.280. The predicted molar refractivity (Wildman–Crippen MR) is 185 cm³/mol. The number of unbranched alkanes of at least 4 members (excludes halogenated alkanes) is 24. The average molecular weight is 613 g/mol. The molecule has 0 aromatic rings. The van der Waals surface area contributed by atoms with Gasteiger partial charge in [-0.2, -0.15) is 0 Å². The molecule has 1 N–H and O–H groups in total. The highest BCUT2D eigenvalue weighted by Crippen LogP contribution is 2.13. The lowest BCUT2D eigenvalue weighted by molar-refractivity contribution is -0.146. The quantitative estimate of drug-likeness (QED) is 0.0589. The number of carbonyl (C=O) groups excluding carboxylic acids is 2. The summed E-state index contributed by atoms with van der Waals surface area (Å²) in [7, 11) is 0. The molecule has 0 aromatic carbocycles. The van der Waals surface area contributed by atoms with Gasteiger partial charge in [0.2, 0.25) is 0 Å². The highest BCUT2D eigenvalue weighted by atomic mass is 16.5. The van der Waals surface area contributed by atoms with Crippen LogP contribution in [0.1, 0.15) is 213 Å². The van der Waals surface area contributed by atoms with Crippen LogP contribution < -0.4 is 0 Å². The third-order valence-electron chi connectivity index (χ3n) is 8.05. The van der Waals surface area contributed by atoms with Gasteiger partial charge in [0.25, 0.3) is 0 Å². The monoisotopic (exact) mass is 613 g/mol. The van der Waals surface area contributed by atoms with Gasteiger partial charge in [0.05, 0.1) is 13.2 Å². The van der Waals surface area contributed by atoms with Crippen LogP contribution in [0.4, 0.5) is 0 Å². The SMILES string of the molecule is CCCCCCCCCCCCCCCCO.CCCCCCCCOC(=O)CCCCC(=O)OCCCCCCCC. The normalized spacial score (nSPS) is 10.8. The fourth-order valence-electron chi connectivity index (χ4n) is 5.13. The van der Waals surface area contributed by atoms with Crippen LogP contribution >= 0.6 is 0 Å². The maximum absolute atomic E-state index is 11.6. The summed E-state index contributed by atoms with van der Waals surface area (Å²) in [6.07, 6.45) is 35.7. The number of hydrogen-bond acceptors (Lipinski definition) is 5. The van der Waals surface area contributed by atoms with Crippen molar-refractivity contribution in [2.45, 2.75) is 213 Å². The maximum Gasteiger partial charge on any atom is 0.305 e. The van der Waals surface area contributed by atoms with Crippen molar-refractivity contribution in [3.05, 3.63) is 0 Å². The molecule has 5 heteroatoms. The number of ether oxygens (including phenoxy) is 2. The first-order chi connectivity index (χ1) is 21.1. The number of rotatable bonds is 33. The van der Waals surface area contributed by atoms with E-state index in [1.165, 1.54) is 135 Å². The molecule has 0 aromatic heterocycles. The molecule has 0 radical (unpaired) electrons. The van der Waals surface area contributed by atoms with Crippen LogP contribution in [0.25, 0.3) is 0 Å². The van der Waals surface area contributed by atoms with Crippen LogP contribution in [-0.2, 0) is 19.1 Å². The molecular weight excluding hydrogens is 536 g/mol. The summed E-state index contributed by atoms with van der Waals surface area (Å²) in [5, 5.41) is 8.64. The number of carbonyl (C=O) groups is 2. The van der Waals surface area contributed by atoms with Crippen molar-refractivity contribution in [2.75, 3.05) is 19.8 Å². The van der Waals surface area contributed by atoms with Crippen molar-refractivity contribution in [1.29, 1.82) is 0 Å². The first kappa shape index (κ1) is 44.0. The zero-order valence-corrected chi connectivity index (χ0v) is 29.4. The molecule has 0 aliphatic rings. The lowest BCUT2D eigenvalue weighted by Crippen LogP contribution is -2.08. The van der Waals surface area contributed by atoms with E-state index in [2.05, 4.69) is 20.8 Å². The highest BCUT2D eigenvalue weighted by Gasteiger charge is 2.06. The summed E-state index contributed by atoms with van der Waals surface area (Å²) in [6.45, 7) is 8.13. The summed E-state index contributed by atoms with van der Waals surface area (Å²) in [5.41, 5.74) is 0. The number of aliphatic hydroxyl groups excluding tert-OH is 1. The van der Waals surface area contributed by atoms with E-state index in [4.69, 9.17) is 14.6 Å². The predicted octanol–water partition coefficient (Wildman–Crippen LogP) is 11.8. The van der Waals surface area contributed by atoms with Gasteiger partial charge < -0.3 is 14.6 Å². The molecule has 0 atom stereocenters. The van der Waals surface area contributed by atoms with Crippen LogP contribution in [0.2, 0.25) is 0 Å². The largest absolute Gasteiger partial charge is 0.466 e. The van der Waals surface area contributed by atoms with Crippen LogP contribution in [-0.4, -0.2) is 36.9 Å². The van der Waals surface area contributed by atoms with E-state index in [1.807, 2.05) is 0 Å². The average Bonchev–Trinajstić information content (AvgIpc) is 3.01. The van der Waals surface area contributed by atoms with Crippen LogP contribution in [0.15, 0.2) is 0 Å². The Balaban J connectivity index is 0. The smallest absolute Gasteiger partial charge is 0.305 e. The van der Waals surface area contributed by atoms with Crippen molar-refractivity contribution >= 4 is 11.9 Å². The van der Waals surface area contributed by atoms with Crippen LogP contribution in [0, 0.1) is 0 Å². The van der Waals surface area contributed by atoms with Crippen LogP contribution in [0.3, 0.4) is 0 Å². The van der Waals surface area contributed by atoms with Gasteiger partial charge in [-0.05, 0) is 32.1 Å². The first-order valence-corrected chi connectivity index (χ1v) is 19.0. The van der Waals surface area contributed by atoms with Gasteiger partial charge in [0.1, 0.15) is 0 Å². The third kappa shape index (κ3) is 43.1. The second-order valence-electron chi connectivity index (χ2n) is 12.5. The highest BCUT2D eigenvalue weighted by molar-refractivity contribution is 5.70. The molecule has 0 amide bonds. The molecule has 0 fully saturated rings. The lowest BCUT2D eigenvalue weighted by atomic mass is 10.0. The first-order valence-electron chi connectivity index (χ1n) is 19.0. The topological polar surface area (TPSA) is 72.8 Å². The van der Waals surface area contributed by atoms with Gasteiger partial charge in [-0.3, -0.25) is 9.59 Å². The number of aliphatic hydroxyl groups is 1. The molecule has 0 bridgehead atoms. The molecular formula is C38H76O5. The summed E-state index contributed by atoms with van der Waals surface area (Å²) < 4.78 is 10.4. The van der Waals surface area contributed by atoms with Crippen molar-refractivity contribution in [3.8, 4) is 0 Å². The van der Waals surface area contributed by atoms with Gasteiger partial charge in [0.15, 0.2) is 0 Å². The van der Waals surface area contributed by atoms with E-state index in [0.717, 1.165) is 32.1 Å². The Hall–Kier alpha value is -1.10. The molecule has 0 heterocycles. The molecule has 0 aliphatic heterocycles.